The van der Waals surface area contributed by atoms with Crippen LogP contribution in [-0.2, 0) is 0 Å². The molecule has 3 rings (SSSR count). The van der Waals surface area contributed by atoms with Gasteiger partial charge >= 0.3 is 6.03 Å². The number of hydrogen-bond acceptors (Lipinski definition) is 6. The van der Waals surface area contributed by atoms with Crippen molar-refractivity contribution in [3.05, 3.63) is 39.7 Å². The number of non-ortho nitro benzene ring substituents is 1. The van der Waals surface area contributed by atoms with E-state index in [-0.39, 0.29) is 17.8 Å². The van der Waals surface area contributed by atoms with Gasteiger partial charge in [0.05, 0.1) is 16.7 Å². The average Bonchev–Trinajstić information content (AvgIpc) is 3.19. The molecule has 2 N–H and O–H groups in total. The lowest BCUT2D eigenvalue weighted by Gasteiger charge is -2.23. The minimum atomic E-state index is -0.493. The van der Waals surface area contributed by atoms with Gasteiger partial charge in [0.1, 0.15) is 0 Å². The standard InChI is InChI=1S/C13H15N7O3/c1-8-4-5-9(20(22)23)7-10(8)14-13(21)19-6-2-3-11(19)12-15-17-18-16-12/h4-5,7,11H,2-3,6H2,1H3,(H,14,21)(H,15,16,17,18). The Bertz CT molecular complexity index is 731. The molecule has 1 saturated heterocycles. The van der Waals surface area contributed by atoms with Gasteiger partial charge in [0.15, 0.2) is 5.82 Å². The Morgan fingerprint density at radius 2 is 2.35 bits per heavy atom. The van der Waals surface area contributed by atoms with Crippen LogP contribution in [0.15, 0.2) is 18.2 Å². The number of hydrogen-bond donors (Lipinski definition) is 2. The van der Waals surface area contributed by atoms with Gasteiger partial charge in [0.2, 0.25) is 0 Å². The molecular formula is C13H15N7O3. The van der Waals surface area contributed by atoms with Gasteiger partial charge in [-0.15, -0.1) is 10.2 Å². The number of aromatic nitrogens is 4. The maximum absolute atomic E-state index is 12.5. The number of tetrazole rings is 1. The number of H-pyrrole nitrogens is 1. The fraction of sp³-hybridized carbons (Fsp3) is 0.385. The monoisotopic (exact) mass is 317 g/mol. The molecule has 2 aromatic rings. The second kappa shape index (κ2) is 5.99. The summed E-state index contributed by atoms with van der Waals surface area (Å²) in [6.07, 6.45) is 1.58. The first-order valence-corrected chi connectivity index (χ1v) is 7.12. The van der Waals surface area contributed by atoms with Crippen LogP contribution in [0, 0.1) is 17.0 Å². The predicted molar refractivity (Wildman–Crippen MR) is 79.7 cm³/mol. The van der Waals surface area contributed by atoms with Crippen molar-refractivity contribution in [1.82, 2.24) is 25.5 Å². The van der Waals surface area contributed by atoms with Crippen LogP contribution < -0.4 is 5.32 Å². The largest absolute Gasteiger partial charge is 0.322 e. The van der Waals surface area contributed by atoms with E-state index in [0.29, 0.717) is 18.1 Å². The highest BCUT2D eigenvalue weighted by Gasteiger charge is 2.33. The molecule has 0 spiro atoms. The van der Waals surface area contributed by atoms with E-state index in [1.54, 1.807) is 17.9 Å². The fourth-order valence-corrected chi connectivity index (χ4v) is 2.63. The minimum absolute atomic E-state index is 0.0676. The van der Waals surface area contributed by atoms with Gasteiger partial charge in [-0.05, 0) is 25.3 Å². The number of aromatic amines is 1. The third-order valence-electron chi connectivity index (χ3n) is 3.85. The molecule has 1 atom stereocenters. The third-order valence-corrected chi connectivity index (χ3v) is 3.85. The Morgan fingerprint density at radius 1 is 1.52 bits per heavy atom. The van der Waals surface area contributed by atoms with Crippen LogP contribution >= 0.6 is 0 Å². The van der Waals surface area contributed by atoms with E-state index in [2.05, 4.69) is 25.9 Å². The minimum Gasteiger partial charge on any atom is -0.314 e. The van der Waals surface area contributed by atoms with Crippen LogP contribution in [0.3, 0.4) is 0 Å². The van der Waals surface area contributed by atoms with Gasteiger partial charge in [0.25, 0.3) is 5.69 Å². The summed E-state index contributed by atoms with van der Waals surface area (Å²) in [5.41, 5.74) is 1.10. The van der Waals surface area contributed by atoms with Gasteiger partial charge in [-0.3, -0.25) is 10.1 Å². The molecule has 1 aromatic carbocycles. The summed E-state index contributed by atoms with van der Waals surface area (Å²) in [6.45, 7) is 2.35. The smallest absolute Gasteiger partial charge is 0.314 e. The van der Waals surface area contributed by atoms with Crippen LogP contribution in [0.2, 0.25) is 0 Å². The fourth-order valence-electron chi connectivity index (χ4n) is 2.63. The number of aryl methyl sites for hydroxylation is 1. The summed E-state index contributed by atoms with van der Waals surface area (Å²) in [7, 11) is 0. The Kier molecular flexibility index (Phi) is 3.87. The number of carbonyl (C=O) groups excluding carboxylic acids is 1. The second-order valence-corrected chi connectivity index (χ2v) is 5.31. The number of likely N-dealkylation sites (tertiary alicyclic amines) is 1. The molecule has 1 fully saturated rings. The SMILES string of the molecule is Cc1ccc([N+](=O)[O-])cc1NC(=O)N1CCCC1c1nn[nH]n1. The van der Waals surface area contributed by atoms with Crippen LogP contribution in [0.1, 0.15) is 30.3 Å². The Morgan fingerprint density at radius 3 is 3.04 bits per heavy atom. The molecule has 0 bridgehead atoms. The number of nitrogens with zero attached hydrogens (tertiary/aromatic N) is 5. The predicted octanol–water partition coefficient (Wildman–Crippen LogP) is 1.79. The molecule has 1 aromatic heterocycles. The van der Waals surface area contributed by atoms with Crippen molar-refractivity contribution in [2.45, 2.75) is 25.8 Å². The van der Waals surface area contributed by atoms with E-state index in [0.717, 1.165) is 18.4 Å². The highest BCUT2D eigenvalue weighted by atomic mass is 16.6. The number of anilines is 1. The summed E-state index contributed by atoms with van der Waals surface area (Å²) < 4.78 is 0. The van der Waals surface area contributed by atoms with Crippen LogP contribution in [0.5, 0.6) is 0 Å². The number of nitrogens with one attached hydrogen (secondary N) is 2. The highest BCUT2D eigenvalue weighted by molar-refractivity contribution is 5.91. The summed E-state index contributed by atoms with van der Waals surface area (Å²) >= 11 is 0. The van der Waals surface area contributed by atoms with Gasteiger partial charge in [-0.1, -0.05) is 11.3 Å². The first kappa shape index (κ1) is 14.9. The molecular weight excluding hydrogens is 302 g/mol. The molecule has 23 heavy (non-hydrogen) atoms. The first-order chi connectivity index (χ1) is 11.1. The van der Waals surface area contributed by atoms with Crippen molar-refractivity contribution in [3.63, 3.8) is 0 Å². The van der Waals surface area contributed by atoms with Gasteiger partial charge < -0.3 is 10.2 Å². The number of benzene rings is 1. The molecule has 10 heteroatoms. The molecule has 1 aliphatic heterocycles. The Balaban J connectivity index is 1.79. The molecule has 1 aliphatic rings. The third kappa shape index (κ3) is 2.96. The van der Waals surface area contributed by atoms with E-state index in [1.165, 1.54) is 12.1 Å². The normalized spacial score (nSPS) is 17.3. The van der Waals surface area contributed by atoms with Crippen molar-refractivity contribution in [1.29, 1.82) is 0 Å². The molecule has 0 aliphatic carbocycles. The molecule has 10 nitrogen and oxygen atoms in total. The van der Waals surface area contributed by atoms with E-state index in [4.69, 9.17) is 0 Å². The number of amides is 2. The van der Waals surface area contributed by atoms with Crippen molar-refractivity contribution in [2.24, 2.45) is 0 Å². The number of urea groups is 1. The summed E-state index contributed by atoms with van der Waals surface area (Å²) in [4.78, 5) is 24.5. The molecule has 2 amide bonds. The van der Waals surface area contributed by atoms with E-state index in [1.807, 2.05) is 0 Å². The molecule has 120 valence electrons. The van der Waals surface area contributed by atoms with Gasteiger partial charge in [-0.2, -0.15) is 5.21 Å². The van der Waals surface area contributed by atoms with Gasteiger partial charge in [0, 0.05) is 18.7 Å². The van der Waals surface area contributed by atoms with Crippen molar-refractivity contribution in [3.8, 4) is 0 Å². The molecule has 2 heterocycles. The highest BCUT2D eigenvalue weighted by Crippen LogP contribution is 2.30. The lowest BCUT2D eigenvalue weighted by Crippen LogP contribution is -2.35. The zero-order valence-electron chi connectivity index (χ0n) is 12.4. The van der Waals surface area contributed by atoms with Crippen LogP contribution in [-0.4, -0.2) is 43.0 Å². The van der Waals surface area contributed by atoms with E-state index in [9.17, 15) is 14.9 Å². The zero-order chi connectivity index (χ0) is 16.4. The first-order valence-electron chi connectivity index (χ1n) is 7.12. The van der Waals surface area contributed by atoms with E-state index >= 15 is 0 Å². The Labute approximate surface area is 131 Å². The molecule has 1 unspecified atom stereocenters. The average molecular weight is 317 g/mol. The second-order valence-electron chi connectivity index (χ2n) is 5.31. The lowest BCUT2D eigenvalue weighted by molar-refractivity contribution is -0.384. The van der Waals surface area contributed by atoms with Crippen LogP contribution in [0.25, 0.3) is 0 Å². The Hall–Kier alpha value is -3.04. The number of carbonyl (C=O) groups is 1. The van der Waals surface area contributed by atoms with E-state index < -0.39 is 4.92 Å². The van der Waals surface area contributed by atoms with Crippen molar-refractivity contribution in [2.75, 3.05) is 11.9 Å². The number of rotatable bonds is 3. The summed E-state index contributed by atoms with van der Waals surface area (Å²) in [6, 6.07) is 3.79. The topological polar surface area (TPSA) is 130 Å². The zero-order valence-corrected chi connectivity index (χ0v) is 12.4. The maximum atomic E-state index is 12.5. The molecule has 0 radical (unpaired) electrons. The summed E-state index contributed by atoms with van der Waals surface area (Å²) in [5, 5.41) is 27.4. The molecule has 0 saturated carbocycles. The number of nitro benzene ring substituents is 1. The lowest BCUT2D eigenvalue weighted by atomic mass is 10.2. The van der Waals surface area contributed by atoms with Crippen molar-refractivity contribution >= 4 is 17.4 Å². The van der Waals surface area contributed by atoms with Crippen LogP contribution in [0.4, 0.5) is 16.2 Å². The van der Waals surface area contributed by atoms with Crippen molar-refractivity contribution < 1.29 is 9.72 Å². The maximum Gasteiger partial charge on any atom is 0.322 e. The summed E-state index contributed by atoms with van der Waals surface area (Å²) in [5.74, 6) is 0.466. The number of nitro groups is 1. The quantitative estimate of drug-likeness (QED) is 0.655. The van der Waals surface area contributed by atoms with Gasteiger partial charge in [-0.25, -0.2) is 4.79 Å².